The highest BCUT2D eigenvalue weighted by Crippen LogP contribution is 2.30. The molecule has 162 valence electrons. The van der Waals surface area contributed by atoms with E-state index in [2.05, 4.69) is 67.8 Å². The van der Waals surface area contributed by atoms with Gasteiger partial charge in [0.1, 0.15) is 0 Å². The van der Waals surface area contributed by atoms with Crippen LogP contribution in [-0.4, -0.2) is 64.0 Å². The van der Waals surface area contributed by atoms with Gasteiger partial charge in [0.2, 0.25) is 0 Å². The van der Waals surface area contributed by atoms with Crippen LogP contribution in [0.4, 0.5) is 5.69 Å². The molecule has 2 aliphatic heterocycles. The summed E-state index contributed by atoms with van der Waals surface area (Å²) in [6.45, 7) is 5.29. The van der Waals surface area contributed by atoms with Crippen LogP contribution in [0.25, 0.3) is 0 Å². The van der Waals surface area contributed by atoms with E-state index in [9.17, 15) is 0 Å². The Bertz CT molecular complexity index is 965. The largest absolute Gasteiger partial charge is 0.376 e. The number of rotatable bonds is 6. The maximum absolute atomic E-state index is 6.18. The Morgan fingerprint density at radius 3 is 2.48 bits per heavy atom. The number of aromatic nitrogens is 4. The average molecular weight is 439 g/mol. The summed E-state index contributed by atoms with van der Waals surface area (Å²) < 4.78 is 7.77. The van der Waals surface area contributed by atoms with E-state index in [1.54, 1.807) is 0 Å². The first-order valence-corrected chi connectivity index (χ1v) is 11.3. The molecule has 0 aliphatic carbocycles. The van der Waals surface area contributed by atoms with E-state index in [4.69, 9.17) is 16.3 Å². The standard InChI is InChI=1S/C23H27ClN6O/c24-19-10-8-18(9-11-19)22(23-25-26-27-30(23)17-21-7-4-16-31-21)29-14-12-28(13-15-29)20-5-2-1-3-6-20/h1-3,5-6,8-11,21-22H,4,7,12-17H2/t21-,22+/m0/s1. The molecule has 3 aromatic rings. The van der Waals surface area contributed by atoms with E-state index >= 15 is 0 Å². The molecule has 7 nitrogen and oxygen atoms in total. The third kappa shape index (κ3) is 4.59. The Morgan fingerprint density at radius 2 is 1.77 bits per heavy atom. The minimum absolute atomic E-state index is 0.0217. The molecule has 8 heteroatoms. The SMILES string of the molecule is Clc1ccc([C@H](c2nnnn2C[C@@H]2CCCO2)N2CCN(c3ccccc3)CC2)cc1. The van der Waals surface area contributed by atoms with Crippen LogP contribution >= 0.6 is 11.6 Å². The van der Waals surface area contributed by atoms with Crippen molar-refractivity contribution in [2.75, 3.05) is 37.7 Å². The van der Waals surface area contributed by atoms with Crippen LogP contribution in [-0.2, 0) is 11.3 Å². The number of hydrogen-bond acceptors (Lipinski definition) is 6. The molecule has 0 N–H and O–H groups in total. The maximum Gasteiger partial charge on any atom is 0.173 e. The topological polar surface area (TPSA) is 59.3 Å². The van der Waals surface area contributed by atoms with Crippen molar-refractivity contribution in [3.05, 3.63) is 71.0 Å². The number of anilines is 1. The summed E-state index contributed by atoms with van der Waals surface area (Å²) in [6.07, 6.45) is 2.34. The van der Waals surface area contributed by atoms with Crippen LogP contribution in [0, 0.1) is 0 Å². The molecule has 0 bridgehead atoms. The number of tetrazole rings is 1. The van der Waals surface area contributed by atoms with Gasteiger partial charge in [-0.3, -0.25) is 4.90 Å². The zero-order chi connectivity index (χ0) is 21.0. The van der Waals surface area contributed by atoms with Crippen LogP contribution in [0.5, 0.6) is 0 Å². The van der Waals surface area contributed by atoms with Crippen molar-refractivity contribution in [3.63, 3.8) is 0 Å². The molecule has 2 aromatic carbocycles. The highest BCUT2D eigenvalue weighted by molar-refractivity contribution is 6.30. The van der Waals surface area contributed by atoms with Gasteiger partial charge < -0.3 is 9.64 Å². The van der Waals surface area contributed by atoms with E-state index in [0.717, 1.165) is 62.0 Å². The van der Waals surface area contributed by atoms with Crippen LogP contribution in [0.2, 0.25) is 5.02 Å². The second kappa shape index (κ2) is 9.34. The van der Waals surface area contributed by atoms with Crippen LogP contribution in [0.15, 0.2) is 54.6 Å². The first-order valence-electron chi connectivity index (χ1n) is 10.9. The number of piperazine rings is 1. The molecular weight excluding hydrogens is 412 g/mol. The summed E-state index contributed by atoms with van der Waals surface area (Å²) in [7, 11) is 0. The van der Waals surface area contributed by atoms with E-state index in [1.807, 2.05) is 16.8 Å². The zero-order valence-corrected chi connectivity index (χ0v) is 18.2. The Balaban J connectivity index is 1.40. The lowest BCUT2D eigenvalue weighted by molar-refractivity contribution is 0.0906. The van der Waals surface area contributed by atoms with Crippen molar-refractivity contribution in [1.82, 2.24) is 25.1 Å². The third-order valence-corrected chi connectivity index (χ3v) is 6.44. The Morgan fingerprint density at radius 1 is 1.00 bits per heavy atom. The Kier molecular flexibility index (Phi) is 6.15. The molecule has 0 spiro atoms. The lowest BCUT2D eigenvalue weighted by Crippen LogP contribution is -2.48. The summed E-state index contributed by atoms with van der Waals surface area (Å²) in [5.41, 5.74) is 2.43. The summed E-state index contributed by atoms with van der Waals surface area (Å²) in [5, 5.41) is 13.5. The minimum atomic E-state index is -0.0217. The number of halogens is 1. The van der Waals surface area contributed by atoms with Crippen molar-refractivity contribution in [1.29, 1.82) is 0 Å². The maximum atomic E-state index is 6.18. The molecule has 2 saturated heterocycles. The Hall–Kier alpha value is -2.48. The van der Waals surface area contributed by atoms with Gasteiger partial charge in [0, 0.05) is 43.5 Å². The molecule has 0 saturated carbocycles. The lowest BCUT2D eigenvalue weighted by atomic mass is 10.0. The van der Waals surface area contributed by atoms with Crippen LogP contribution in [0.3, 0.4) is 0 Å². The molecule has 2 fully saturated rings. The minimum Gasteiger partial charge on any atom is -0.376 e. The normalized spacial score (nSPS) is 20.8. The predicted molar refractivity (Wildman–Crippen MR) is 120 cm³/mol. The number of para-hydroxylation sites is 1. The highest BCUT2D eigenvalue weighted by Gasteiger charge is 2.31. The van der Waals surface area contributed by atoms with Crippen molar-refractivity contribution in [3.8, 4) is 0 Å². The molecule has 1 aromatic heterocycles. The molecule has 3 heterocycles. The summed E-state index contributed by atoms with van der Waals surface area (Å²) in [6, 6.07) is 18.6. The smallest absolute Gasteiger partial charge is 0.173 e. The third-order valence-electron chi connectivity index (χ3n) is 6.19. The van der Waals surface area contributed by atoms with Crippen molar-refractivity contribution in [2.45, 2.75) is 31.5 Å². The van der Waals surface area contributed by atoms with Gasteiger partial charge in [-0.25, -0.2) is 4.68 Å². The quantitative estimate of drug-likeness (QED) is 0.587. The highest BCUT2D eigenvalue weighted by atomic mass is 35.5. The van der Waals surface area contributed by atoms with Crippen LogP contribution in [0.1, 0.15) is 30.3 Å². The summed E-state index contributed by atoms with van der Waals surface area (Å²) in [5.74, 6) is 0.867. The van der Waals surface area contributed by atoms with Gasteiger partial charge in [-0.05, 0) is 53.1 Å². The number of ether oxygens (including phenoxy) is 1. The fraction of sp³-hybridized carbons (Fsp3) is 0.435. The molecule has 2 atom stereocenters. The Labute approximate surface area is 187 Å². The van der Waals surface area contributed by atoms with Gasteiger partial charge in [0.15, 0.2) is 5.82 Å². The van der Waals surface area contributed by atoms with E-state index in [-0.39, 0.29) is 12.1 Å². The second-order valence-corrected chi connectivity index (χ2v) is 8.60. The predicted octanol–water partition coefficient (Wildman–Crippen LogP) is 3.42. The number of nitrogens with zero attached hydrogens (tertiary/aromatic N) is 6. The first kappa shape index (κ1) is 20.4. The van der Waals surface area contributed by atoms with E-state index in [1.165, 1.54) is 5.69 Å². The van der Waals surface area contributed by atoms with E-state index in [0.29, 0.717) is 6.54 Å². The van der Waals surface area contributed by atoms with Gasteiger partial charge in [-0.1, -0.05) is 41.9 Å². The van der Waals surface area contributed by atoms with Crippen molar-refractivity contribution < 1.29 is 4.74 Å². The molecule has 0 amide bonds. The molecule has 5 rings (SSSR count). The molecule has 0 unspecified atom stereocenters. The second-order valence-electron chi connectivity index (χ2n) is 8.17. The van der Waals surface area contributed by atoms with Gasteiger partial charge in [-0.15, -0.1) is 5.10 Å². The molecule has 2 aliphatic rings. The number of hydrogen-bond donors (Lipinski definition) is 0. The van der Waals surface area contributed by atoms with Crippen LogP contribution < -0.4 is 4.90 Å². The van der Waals surface area contributed by atoms with Gasteiger partial charge >= 0.3 is 0 Å². The lowest BCUT2D eigenvalue weighted by Gasteiger charge is -2.40. The molecule has 31 heavy (non-hydrogen) atoms. The van der Waals surface area contributed by atoms with Crippen molar-refractivity contribution in [2.24, 2.45) is 0 Å². The first-order chi connectivity index (χ1) is 15.3. The average Bonchev–Trinajstić information content (AvgIpc) is 3.49. The molecule has 0 radical (unpaired) electrons. The van der Waals surface area contributed by atoms with Gasteiger partial charge in [0.25, 0.3) is 0 Å². The fourth-order valence-electron chi connectivity index (χ4n) is 4.56. The van der Waals surface area contributed by atoms with Gasteiger partial charge in [0.05, 0.1) is 18.7 Å². The molecular formula is C23H27ClN6O. The number of benzene rings is 2. The van der Waals surface area contributed by atoms with Gasteiger partial charge in [-0.2, -0.15) is 0 Å². The van der Waals surface area contributed by atoms with E-state index < -0.39 is 0 Å². The fourth-order valence-corrected chi connectivity index (χ4v) is 4.69. The summed E-state index contributed by atoms with van der Waals surface area (Å²) >= 11 is 6.18. The summed E-state index contributed by atoms with van der Waals surface area (Å²) in [4.78, 5) is 4.91. The zero-order valence-electron chi connectivity index (χ0n) is 17.5. The monoisotopic (exact) mass is 438 g/mol. The van der Waals surface area contributed by atoms with Crippen molar-refractivity contribution >= 4 is 17.3 Å².